The lowest BCUT2D eigenvalue weighted by molar-refractivity contribution is 0.102. The van der Waals surface area contributed by atoms with Crippen molar-refractivity contribution in [3.05, 3.63) is 46.0 Å². The van der Waals surface area contributed by atoms with Gasteiger partial charge in [0.2, 0.25) is 0 Å². The predicted octanol–water partition coefficient (Wildman–Crippen LogP) is 4.88. The van der Waals surface area contributed by atoms with Crippen LogP contribution in [-0.2, 0) is 10.8 Å². The van der Waals surface area contributed by atoms with Gasteiger partial charge in [-0.15, -0.1) is 5.73 Å². The number of hydrogen-bond acceptors (Lipinski definition) is 2. The lowest BCUT2D eigenvalue weighted by Crippen LogP contribution is -2.29. The van der Waals surface area contributed by atoms with E-state index in [2.05, 4.69) is 5.73 Å². The largest absolute Gasteiger partial charge is 0.387 e. The van der Waals surface area contributed by atoms with Crippen LogP contribution >= 0.6 is 0 Å². The van der Waals surface area contributed by atoms with Crippen LogP contribution in [0.3, 0.4) is 0 Å². The number of aryl methyl sites for hydroxylation is 1. The third kappa shape index (κ3) is 4.91. The lowest BCUT2D eigenvalue weighted by atomic mass is 9.88. The highest BCUT2D eigenvalue weighted by atomic mass is 32.2. The third-order valence-corrected chi connectivity index (χ3v) is 5.69. The molecule has 0 unspecified atom stereocenters. The summed E-state index contributed by atoms with van der Waals surface area (Å²) < 4.78 is 13.1. The summed E-state index contributed by atoms with van der Waals surface area (Å²) in [4.78, 5) is 1.26. The van der Waals surface area contributed by atoms with Crippen molar-refractivity contribution in [2.75, 3.05) is 0 Å². The van der Waals surface area contributed by atoms with Crippen LogP contribution in [0.25, 0.3) is 0 Å². The first kappa shape index (κ1) is 18.2. The Hall–Kier alpha value is -1.15. The maximum absolute atomic E-state index is 13.1. The second-order valence-corrected chi connectivity index (χ2v) is 8.95. The summed E-state index contributed by atoms with van der Waals surface area (Å²) in [5.41, 5.74) is 5.34. The van der Waals surface area contributed by atoms with E-state index in [1.54, 1.807) is 0 Å². The van der Waals surface area contributed by atoms with Crippen molar-refractivity contribution in [2.24, 2.45) is 5.41 Å². The summed E-state index contributed by atoms with van der Waals surface area (Å²) in [5.74, 6) is 0. The normalized spacial score (nSPS) is 18.2. The Kier molecular flexibility index (Phi) is 6.02. The van der Waals surface area contributed by atoms with Crippen molar-refractivity contribution in [3.63, 3.8) is 0 Å². The van der Waals surface area contributed by atoms with E-state index in [4.69, 9.17) is 0 Å². The fourth-order valence-electron chi connectivity index (χ4n) is 2.68. The molecule has 1 aromatic rings. The molecule has 0 heterocycles. The van der Waals surface area contributed by atoms with E-state index in [1.165, 1.54) is 24.8 Å². The van der Waals surface area contributed by atoms with E-state index >= 15 is 0 Å². The van der Waals surface area contributed by atoms with Gasteiger partial charge >= 0.3 is 0 Å². The zero-order chi connectivity index (χ0) is 17.0. The molecule has 0 saturated heterocycles. The first-order valence-corrected chi connectivity index (χ1v) is 9.59. The Balaban J connectivity index is 2.46. The molecule has 1 aromatic carbocycles. The molecule has 0 aromatic heterocycles. The second kappa shape index (κ2) is 7.61. The third-order valence-electron chi connectivity index (χ3n) is 4.26. The zero-order valence-corrected chi connectivity index (χ0v) is 15.5. The maximum Gasteiger partial charge on any atom is 0.0998 e. The molecule has 2 nitrogen and oxygen atoms in total. The molecular formula is C20H28O2S. The summed E-state index contributed by atoms with van der Waals surface area (Å²) in [5, 5.41) is 10.8. The molecule has 126 valence electrons. The molecule has 1 aliphatic rings. The van der Waals surface area contributed by atoms with Gasteiger partial charge in [0, 0.05) is 4.90 Å². The standard InChI is InChI=1S/C20H28O2S/c1-15-10-12-17(13-11-15)23(22)18(19(21)20(2,3)4)14-16-8-6-5-7-9-16/h10-13,19,21H,5-9H2,1-4H3/t19-,23-/m0/s1. The first-order valence-electron chi connectivity index (χ1n) is 8.44. The summed E-state index contributed by atoms with van der Waals surface area (Å²) >= 11 is 0. The monoisotopic (exact) mass is 332 g/mol. The molecule has 0 amide bonds. The van der Waals surface area contributed by atoms with Gasteiger partial charge in [0.05, 0.1) is 21.8 Å². The van der Waals surface area contributed by atoms with Crippen molar-refractivity contribution in [2.45, 2.75) is 70.8 Å². The summed E-state index contributed by atoms with van der Waals surface area (Å²) in [6.45, 7) is 7.92. The molecule has 0 bridgehead atoms. The minimum Gasteiger partial charge on any atom is -0.387 e. The molecular weight excluding hydrogens is 304 g/mol. The Morgan fingerprint density at radius 1 is 1.13 bits per heavy atom. The lowest BCUT2D eigenvalue weighted by Gasteiger charge is -2.27. The van der Waals surface area contributed by atoms with Gasteiger partial charge in [-0.25, -0.2) is 4.21 Å². The molecule has 0 spiro atoms. The van der Waals surface area contributed by atoms with Crippen LogP contribution in [0.1, 0.15) is 58.4 Å². The van der Waals surface area contributed by atoms with Crippen molar-refractivity contribution < 1.29 is 9.32 Å². The van der Waals surface area contributed by atoms with Gasteiger partial charge in [-0.05, 0) is 55.7 Å². The number of hydrogen-bond donors (Lipinski definition) is 1. The molecule has 1 saturated carbocycles. The van der Waals surface area contributed by atoms with Gasteiger partial charge in [0.1, 0.15) is 0 Å². The van der Waals surface area contributed by atoms with E-state index in [1.807, 2.05) is 52.0 Å². The molecule has 0 aliphatic heterocycles. The minimum absolute atomic E-state index is 0.363. The van der Waals surface area contributed by atoms with Gasteiger partial charge in [-0.2, -0.15) is 0 Å². The Labute approximate surface area is 142 Å². The van der Waals surface area contributed by atoms with Crippen LogP contribution < -0.4 is 0 Å². The van der Waals surface area contributed by atoms with E-state index in [0.29, 0.717) is 4.91 Å². The molecule has 1 aliphatic carbocycles. The van der Waals surface area contributed by atoms with Gasteiger partial charge in [-0.1, -0.05) is 44.9 Å². The number of rotatable bonds is 3. The molecule has 3 heteroatoms. The molecule has 0 radical (unpaired) electrons. The Bertz CT molecular complexity index is 621. The fourth-order valence-corrected chi connectivity index (χ4v) is 4.11. The highest BCUT2D eigenvalue weighted by molar-refractivity contribution is 7.89. The number of aliphatic hydroxyl groups excluding tert-OH is 1. The van der Waals surface area contributed by atoms with Crippen LogP contribution in [0, 0.1) is 12.3 Å². The fraction of sp³-hybridized carbons (Fsp3) is 0.550. The predicted molar refractivity (Wildman–Crippen MR) is 96.7 cm³/mol. The van der Waals surface area contributed by atoms with E-state index < -0.39 is 16.9 Å². The number of benzene rings is 1. The van der Waals surface area contributed by atoms with Crippen LogP contribution in [0.2, 0.25) is 0 Å². The average Bonchev–Trinajstić information content (AvgIpc) is 2.52. The van der Waals surface area contributed by atoms with Crippen LogP contribution in [0.4, 0.5) is 0 Å². The quantitative estimate of drug-likeness (QED) is 0.801. The first-order chi connectivity index (χ1) is 10.8. The topological polar surface area (TPSA) is 37.3 Å². The smallest absolute Gasteiger partial charge is 0.0998 e. The molecule has 23 heavy (non-hydrogen) atoms. The van der Waals surface area contributed by atoms with Crippen molar-refractivity contribution >= 4 is 10.8 Å². The SMILES string of the molecule is Cc1ccc([S@](=O)C(=C=C2CCCCC2)[C@H](O)C(C)(C)C)cc1. The van der Waals surface area contributed by atoms with Crippen LogP contribution in [0.5, 0.6) is 0 Å². The van der Waals surface area contributed by atoms with Gasteiger partial charge in [-0.3, -0.25) is 0 Å². The van der Waals surface area contributed by atoms with Crippen molar-refractivity contribution in [3.8, 4) is 0 Å². The summed E-state index contributed by atoms with van der Waals surface area (Å²) in [7, 11) is -1.37. The zero-order valence-electron chi connectivity index (χ0n) is 14.7. The highest BCUT2D eigenvalue weighted by Crippen LogP contribution is 2.31. The Morgan fingerprint density at radius 2 is 1.70 bits per heavy atom. The van der Waals surface area contributed by atoms with Crippen LogP contribution in [-0.4, -0.2) is 15.4 Å². The highest BCUT2D eigenvalue weighted by Gasteiger charge is 2.30. The van der Waals surface area contributed by atoms with Gasteiger partial charge in [0.15, 0.2) is 0 Å². The van der Waals surface area contributed by atoms with Crippen LogP contribution in [0.15, 0.2) is 45.4 Å². The van der Waals surface area contributed by atoms with E-state index in [9.17, 15) is 9.32 Å². The second-order valence-electron chi connectivity index (χ2n) is 7.50. The van der Waals surface area contributed by atoms with Crippen molar-refractivity contribution in [1.82, 2.24) is 0 Å². The maximum atomic E-state index is 13.1. The average molecular weight is 333 g/mol. The minimum atomic E-state index is -1.37. The Morgan fingerprint density at radius 3 is 2.22 bits per heavy atom. The van der Waals surface area contributed by atoms with Gasteiger partial charge < -0.3 is 5.11 Å². The summed E-state index contributed by atoms with van der Waals surface area (Å²) in [6.07, 6.45) is 4.83. The number of aliphatic hydroxyl groups is 1. The molecule has 2 rings (SSSR count). The summed E-state index contributed by atoms with van der Waals surface area (Å²) in [6, 6.07) is 7.69. The van der Waals surface area contributed by atoms with Crippen molar-refractivity contribution in [1.29, 1.82) is 0 Å². The van der Waals surface area contributed by atoms with Gasteiger partial charge in [0.25, 0.3) is 0 Å². The van der Waals surface area contributed by atoms with E-state index in [0.717, 1.165) is 23.3 Å². The molecule has 1 fully saturated rings. The molecule has 2 atom stereocenters. The van der Waals surface area contributed by atoms with E-state index in [-0.39, 0.29) is 5.41 Å². The molecule has 1 N–H and O–H groups in total.